The van der Waals surface area contributed by atoms with Crippen molar-refractivity contribution in [1.82, 2.24) is 15.0 Å². The summed E-state index contributed by atoms with van der Waals surface area (Å²) in [5.74, 6) is -0.630. The molecule has 0 aliphatic heterocycles. The molecule has 1 amide bonds. The van der Waals surface area contributed by atoms with Crippen molar-refractivity contribution in [2.45, 2.75) is 43.7 Å². The molecule has 1 rings (SSSR count). The van der Waals surface area contributed by atoms with E-state index in [1.807, 2.05) is 0 Å². The average molecular weight is 510 g/mol. The van der Waals surface area contributed by atoms with Crippen LogP contribution in [0.15, 0.2) is 6.20 Å². The summed E-state index contributed by atoms with van der Waals surface area (Å²) < 4.78 is 18.4. The SMILES string of the molecule is NC(=O)[C@H](N)CCc1cn(CC(COC(CO)CO)(COC(CO)CO)COC(CO)CO)nn1. The number of primary amides is 1. The van der Waals surface area contributed by atoms with Crippen LogP contribution in [0.2, 0.25) is 0 Å². The monoisotopic (exact) mass is 509 g/mol. The van der Waals surface area contributed by atoms with E-state index in [1.54, 1.807) is 6.20 Å². The molecular weight excluding hydrogens is 470 g/mol. The average Bonchev–Trinajstić information content (AvgIpc) is 3.31. The summed E-state index contributed by atoms with van der Waals surface area (Å²) in [7, 11) is 0. The van der Waals surface area contributed by atoms with Crippen molar-refractivity contribution in [2.75, 3.05) is 59.5 Å². The zero-order valence-corrected chi connectivity index (χ0v) is 19.7. The molecule has 0 aliphatic rings. The van der Waals surface area contributed by atoms with Gasteiger partial charge in [-0.25, -0.2) is 0 Å². The number of rotatable bonds is 21. The lowest BCUT2D eigenvalue weighted by atomic mass is 9.90. The van der Waals surface area contributed by atoms with E-state index in [4.69, 9.17) is 25.7 Å². The Balaban J connectivity index is 3.14. The first-order chi connectivity index (χ1) is 16.8. The van der Waals surface area contributed by atoms with Gasteiger partial charge in [-0.2, -0.15) is 0 Å². The Morgan fingerprint density at radius 3 is 1.69 bits per heavy atom. The highest BCUT2D eigenvalue weighted by Crippen LogP contribution is 2.25. The molecule has 1 aromatic rings. The van der Waals surface area contributed by atoms with E-state index >= 15 is 0 Å². The van der Waals surface area contributed by atoms with Gasteiger partial charge in [-0.1, -0.05) is 5.21 Å². The van der Waals surface area contributed by atoms with E-state index in [-0.39, 0.29) is 32.8 Å². The number of nitrogens with zero attached hydrogens (tertiary/aromatic N) is 3. The molecule has 15 nitrogen and oxygen atoms in total. The summed E-state index contributed by atoms with van der Waals surface area (Å²) in [5.41, 5.74) is 10.3. The standard InChI is InChI=1S/C20H39N5O10/c21-18(19(22)32)2-1-14-3-25(24-23-14)10-20(11-33-15(4-26)5-27,12-34-16(6-28)7-29)13-35-17(8-30)9-31/h3,15-18,26-31H,1-2,4-13,21H2,(H2,22,32)/t18-/m1/s1. The molecule has 0 aromatic carbocycles. The Morgan fingerprint density at radius 1 is 0.886 bits per heavy atom. The second-order valence-electron chi connectivity index (χ2n) is 8.35. The fourth-order valence-electron chi connectivity index (χ4n) is 2.95. The predicted octanol–water partition coefficient (Wildman–Crippen LogP) is -4.88. The molecule has 0 spiro atoms. The van der Waals surface area contributed by atoms with Crippen molar-refractivity contribution in [1.29, 1.82) is 0 Å². The first-order valence-electron chi connectivity index (χ1n) is 11.2. The van der Waals surface area contributed by atoms with Crippen molar-refractivity contribution in [3.63, 3.8) is 0 Å². The van der Waals surface area contributed by atoms with Crippen LogP contribution in [0.4, 0.5) is 0 Å². The van der Waals surface area contributed by atoms with Crippen LogP contribution in [-0.2, 0) is 32.0 Å². The van der Waals surface area contributed by atoms with E-state index in [0.29, 0.717) is 12.1 Å². The zero-order chi connectivity index (χ0) is 26.3. The molecule has 0 radical (unpaired) electrons. The lowest BCUT2D eigenvalue weighted by Crippen LogP contribution is -2.46. The third kappa shape index (κ3) is 11.2. The molecule has 0 saturated heterocycles. The molecule has 0 unspecified atom stereocenters. The van der Waals surface area contributed by atoms with Gasteiger partial charge in [0.1, 0.15) is 18.3 Å². The maximum Gasteiger partial charge on any atom is 0.234 e. The van der Waals surface area contributed by atoms with E-state index in [2.05, 4.69) is 10.3 Å². The van der Waals surface area contributed by atoms with Gasteiger partial charge in [-0.3, -0.25) is 9.48 Å². The molecule has 35 heavy (non-hydrogen) atoms. The number of nitrogens with two attached hydrogens (primary N) is 2. The second kappa shape index (κ2) is 16.8. The Labute approximate surface area is 203 Å². The van der Waals surface area contributed by atoms with Crippen molar-refractivity contribution in [2.24, 2.45) is 16.9 Å². The molecule has 10 N–H and O–H groups in total. The van der Waals surface area contributed by atoms with Crippen molar-refractivity contribution < 1.29 is 49.6 Å². The van der Waals surface area contributed by atoms with Gasteiger partial charge >= 0.3 is 0 Å². The van der Waals surface area contributed by atoms with Gasteiger partial charge in [0, 0.05) is 6.20 Å². The van der Waals surface area contributed by atoms with E-state index in [0.717, 1.165) is 0 Å². The number of carbonyl (C=O) groups excluding carboxylic acids is 1. The minimum absolute atomic E-state index is 0.0681. The maximum absolute atomic E-state index is 11.2. The van der Waals surface area contributed by atoms with Gasteiger partial charge in [0.15, 0.2) is 0 Å². The van der Waals surface area contributed by atoms with Crippen LogP contribution in [-0.4, -0.2) is 135 Å². The van der Waals surface area contributed by atoms with Crippen LogP contribution in [0.3, 0.4) is 0 Å². The first kappa shape index (κ1) is 31.2. The van der Waals surface area contributed by atoms with Crippen LogP contribution >= 0.6 is 0 Å². The molecule has 1 heterocycles. The van der Waals surface area contributed by atoms with E-state index in [9.17, 15) is 35.4 Å². The Morgan fingerprint density at radius 2 is 1.31 bits per heavy atom. The Kier molecular flexibility index (Phi) is 15.0. The third-order valence-electron chi connectivity index (χ3n) is 5.26. The lowest BCUT2D eigenvalue weighted by molar-refractivity contribution is -0.146. The number of carbonyl (C=O) groups is 1. The van der Waals surface area contributed by atoms with Gasteiger partial charge in [0.2, 0.25) is 5.91 Å². The summed E-state index contributed by atoms with van der Waals surface area (Å²) >= 11 is 0. The van der Waals surface area contributed by atoms with E-state index < -0.39 is 75.3 Å². The number of hydrogen-bond acceptors (Lipinski definition) is 13. The Hall–Kier alpha value is -1.79. The quantitative estimate of drug-likeness (QED) is 0.0775. The molecule has 0 fully saturated rings. The van der Waals surface area contributed by atoms with Crippen molar-refractivity contribution in [3.8, 4) is 0 Å². The van der Waals surface area contributed by atoms with Crippen LogP contribution in [0.5, 0.6) is 0 Å². The normalized spacial score (nSPS) is 13.3. The zero-order valence-electron chi connectivity index (χ0n) is 19.7. The largest absolute Gasteiger partial charge is 0.394 e. The summed E-state index contributed by atoms with van der Waals surface area (Å²) in [6, 6.07) is -0.828. The van der Waals surface area contributed by atoms with Crippen LogP contribution in [0, 0.1) is 5.41 Å². The Bertz CT molecular complexity index is 657. The predicted molar refractivity (Wildman–Crippen MR) is 120 cm³/mol. The van der Waals surface area contributed by atoms with Crippen LogP contribution < -0.4 is 11.5 Å². The minimum Gasteiger partial charge on any atom is -0.394 e. The lowest BCUT2D eigenvalue weighted by Gasteiger charge is -2.35. The summed E-state index contributed by atoms with van der Waals surface area (Å²) in [6.45, 7) is -3.03. The summed E-state index contributed by atoms with van der Waals surface area (Å²) in [5, 5.41) is 64.5. The number of aliphatic hydroxyl groups is 6. The van der Waals surface area contributed by atoms with Gasteiger partial charge in [-0.05, 0) is 12.8 Å². The smallest absolute Gasteiger partial charge is 0.234 e. The molecule has 15 heteroatoms. The fraction of sp³-hybridized carbons (Fsp3) is 0.850. The van der Waals surface area contributed by atoms with Crippen LogP contribution in [0.1, 0.15) is 12.1 Å². The van der Waals surface area contributed by atoms with Gasteiger partial charge in [0.25, 0.3) is 0 Å². The molecule has 0 bridgehead atoms. The number of amides is 1. The molecular formula is C20H39N5O10. The molecule has 1 aromatic heterocycles. The van der Waals surface area contributed by atoms with Crippen LogP contribution in [0.25, 0.3) is 0 Å². The van der Waals surface area contributed by atoms with Crippen molar-refractivity contribution in [3.05, 3.63) is 11.9 Å². The van der Waals surface area contributed by atoms with Gasteiger partial charge < -0.3 is 56.3 Å². The third-order valence-corrected chi connectivity index (χ3v) is 5.26. The van der Waals surface area contributed by atoms with E-state index in [1.165, 1.54) is 4.68 Å². The number of aromatic nitrogens is 3. The molecule has 1 atom stereocenters. The van der Waals surface area contributed by atoms with Gasteiger partial charge in [-0.15, -0.1) is 5.10 Å². The molecule has 0 aliphatic carbocycles. The maximum atomic E-state index is 11.2. The highest BCUT2D eigenvalue weighted by Gasteiger charge is 2.36. The number of hydrogen-bond donors (Lipinski definition) is 8. The molecule has 0 saturated carbocycles. The van der Waals surface area contributed by atoms with Crippen molar-refractivity contribution >= 4 is 5.91 Å². The number of ether oxygens (including phenoxy) is 3. The number of aryl methyl sites for hydroxylation is 1. The number of aliphatic hydroxyl groups excluding tert-OH is 6. The minimum atomic E-state index is -1.08. The second-order valence-corrected chi connectivity index (χ2v) is 8.35. The molecule has 204 valence electrons. The highest BCUT2D eigenvalue weighted by atomic mass is 16.5. The van der Waals surface area contributed by atoms with Gasteiger partial charge in [0.05, 0.1) is 83.2 Å². The summed E-state index contributed by atoms with van der Waals surface area (Å²) in [4.78, 5) is 11.2. The first-order valence-corrected chi connectivity index (χ1v) is 11.2. The fourth-order valence-corrected chi connectivity index (χ4v) is 2.95. The summed E-state index contributed by atoms with van der Waals surface area (Å²) in [6.07, 6.45) is -0.460. The topological polar surface area (TPSA) is 249 Å². The highest BCUT2D eigenvalue weighted by molar-refractivity contribution is 5.79.